The van der Waals surface area contributed by atoms with E-state index in [1.165, 1.54) is 11.1 Å². The van der Waals surface area contributed by atoms with Crippen molar-refractivity contribution < 1.29 is 14.3 Å². The zero-order valence-electron chi connectivity index (χ0n) is 12.1. The molecule has 0 fully saturated rings. The maximum atomic E-state index is 12.3. The molecule has 0 aliphatic rings. The average molecular weight is 279 g/mol. The summed E-state index contributed by atoms with van der Waals surface area (Å²) in [6.45, 7) is 6.36. The van der Waals surface area contributed by atoms with E-state index < -0.39 is 5.97 Å². The van der Waals surface area contributed by atoms with Crippen LogP contribution in [0.15, 0.2) is 18.3 Å². The number of hydrogen-bond donors (Lipinski definition) is 1. The molecule has 0 aromatic carbocycles. The van der Waals surface area contributed by atoms with E-state index >= 15 is 0 Å². The second kappa shape index (κ2) is 7.47. The minimum absolute atomic E-state index is 0.0725. The first-order valence-electron chi connectivity index (χ1n) is 6.60. The van der Waals surface area contributed by atoms with Crippen LogP contribution in [-0.2, 0) is 9.53 Å². The highest BCUT2D eigenvalue weighted by Gasteiger charge is 2.21. The lowest BCUT2D eigenvalue weighted by Crippen LogP contribution is -2.39. The van der Waals surface area contributed by atoms with Gasteiger partial charge in [-0.25, -0.2) is 4.98 Å². The van der Waals surface area contributed by atoms with Crippen LogP contribution < -0.4 is 5.73 Å². The average Bonchev–Trinajstić information content (AvgIpc) is 2.38. The van der Waals surface area contributed by atoms with Gasteiger partial charge in [-0.3, -0.25) is 9.59 Å². The number of anilines is 1. The summed E-state index contributed by atoms with van der Waals surface area (Å²) in [6.07, 6.45) is 1.42. The van der Waals surface area contributed by atoms with Gasteiger partial charge in [0, 0.05) is 6.54 Å². The summed E-state index contributed by atoms with van der Waals surface area (Å²) >= 11 is 0. The molecule has 0 saturated heterocycles. The number of esters is 1. The first kappa shape index (κ1) is 15.9. The van der Waals surface area contributed by atoms with Gasteiger partial charge in [0.05, 0.1) is 18.5 Å². The smallest absolute Gasteiger partial charge is 0.325 e. The zero-order valence-corrected chi connectivity index (χ0v) is 12.1. The molecule has 0 bridgehead atoms. The fourth-order valence-electron chi connectivity index (χ4n) is 1.72. The number of pyridine rings is 1. The number of aromatic nitrogens is 1. The molecule has 0 radical (unpaired) electrons. The summed E-state index contributed by atoms with van der Waals surface area (Å²) in [5.41, 5.74) is 6.30. The SMILES string of the molecule is CCOC(=O)CN(CC(C)C)C(=O)c1ccc(N)cn1. The minimum atomic E-state index is -0.419. The Balaban J connectivity index is 2.83. The molecule has 0 spiro atoms. The molecule has 2 N–H and O–H groups in total. The van der Waals surface area contributed by atoms with Gasteiger partial charge < -0.3 is 15.4 Å². The lowest BCUT2D eigenvalue weighted by atomic mass is 10.2. The number of carbonyl (C=O) groups is 2. The Labute approximate surface area is 118 Å². The molecular weight excluding hydrogens is 258 g/mol. The maximum absolute atomic E-state index is 12.3. The van der Waals surface area contributed by atoms with Gasteiger partial charge in [0.15, 0.2) is 0 Å². The van der Waals surface area contributed by atoms with Crippen molar-refractivity contribution in [1.29, 1.82) is 0 Å². The number of amides is 1. The number of rotatable bonds is 6. The summed E-state index contributed by atoms with van der Waals surface area (Å²) in [5, 5.41) is 0. The Morgan fingerprint density at radius 3 is 2.60 bits per heavy atom. The summed E-state index contributed by atoms with van der Waals surface area (Å²) in [5.74, 6) is -0.481. The molecule has 0 saturated carbocycles. The Bertz CT molecular complexity index is 457. The normalized spacial score (nSPS) is 10.4. The maximum Gasteiger partial charge on any atom is 0.325 e. The van der Waals surface area contributed by atoms with Gasteiger partial charge in [0.1, 0.15) is 12.2 Å². The van der Waals surface area contributed by atoms with Crippen LogP contribution in [0.5, 0.6) is 0 Å². The third kappa shape index (κ3) is 4.87. The molecule has 6 heteroatoms. The van der Waals surface area contributed by atoms with E-state index in [0.29, 0.717) is 18.8 Å². The molecule has 1 rings (SSSR count). The van der Waals surface area contributed by atoms with Gasteiger partial charge in [-0.1, -0.05) is 13.8 Å². The topological polar surface area (TPSA) is 85.5 Å². The molecule has 1 aromatic heterocycles. The number of carbonyl (C=O) groups excluding carboxylic acids is 2. The van der Waals surface area contributed by atoms with Crippen LogP contribution in [0.25, 0.3) is 0 Å². The quantitative estimate of drug-likeness (QED) is 0.794. The third-order valence-electron chi connectivity index (χ3n) is 2.50. The molecule has 20 heavy (non-hydrogen) atoms. The van der Waals surface area contributed by atoms with Crippen molar-refractivity contribution >= 4 is 17.6 Å². The van der Waals surface area contributed by atoms with Crippen LogP contribution in [0.3, 0.4) is 0 Å². The fraction of sp³-hybridized carbons (Fsp3) is 0.500. The number of nitrogens with two attached hydrogens (primary N) is 1. The molecule has 0 atom stereocenters. The number of nitrogens with zero attached hydrogens (tertiary/aromatic N) is 2. The van der Waals surface area contributed by atoms with E-state index in [1.54, 1.807) is 19.1 Å². The van der Waals surface area contributed by atoms with E-state index in [4.69, 9.17) is 10.5 Å². The standard InChI is InChI=1S/C14H21N3O3/c1-4-20-13(18)9-17(8-10(2)3)14(19)12-6-5-11(15)7-16-12/h5-7,10H,4,8-9,15H2,1-3H3. The Kier molecular flexibility index (Phi) is 5.96. The van der Waals surface area contributed by atoms with E-state index in [2.05, 4.69) is 4.98 Å². The minimum Gasteiger partial charge on any atom is -0.465 e. The molecule has 0 aliphatic carbocycles. The van der Waals surface area contributed by atoms with Crippen LogP contribution in [0.4, 0.5) is 5.69 Å². The molecular formula is C14H21N3O3. The summed E-state index contributed by atoms with van der Waals surface area (Å²) in [7, 11) is 0. The lowest BCUT2D eigenvalue weighted by molar-refractivity contribution is -0.143. The molecule has 0 aliphatic heterocycles. The summed E-state index contributed by atoms with van der Waals surface area (Å²) in [6, 6.07) is 3.16. The van der Waals surface area contributed by atoms with Crippen LogP contribution in [-0.4, -0.2) is 41.5 Å². The highest BCUT2D eigenvalue weighted by molar-refractivity contribution is 5.94. The summed E-state index contributed by atoms with van der Waals surface area (Å²) < 4.78 is 4.89. The van der Waals surface area contributed by atoms with Crippen molar-refractivity contribution in [3.63, 3.8) is 0 Å². The van der Waals surface area contributed by atoms with Crippen molar-refractivity contribution in [1.82, 2.24) is 9.88 Å². The first-order valence-corrected chi connectivity index (χ1v) is 6.60. The van der Waals surface area contributed by atoms with E-state index in [1.807, 2.05) is 13.8 Å². The highest BCUT2D eigenvalue weighted by atomic mass is 16.5. The molecule has 0 unspecified atom stereocenters. The third-order valence-corrected chi connectivity index (χ3v) is 2.50. The predicted octanol–water partition coefficient (Wildman–Crippen LogP) is 1.33. The van der Waals surface area contributed by atoms with Crippen LogP contribution >= 0.6 is 0 Å². The van der Waals surface area contributed by atoms with E-state index in [9.17, 15) is 9.59 Å². The van der Waals surface area contributed by atoms with Crippen molar-refractivity contribution in [3.8, 4) is 0 Å². The van der Waals surface area contributed by atoms with Crippen LogP contribution in [0.2, 0.25) is 0 Å². The lowest BCUT2D eigenvalue weighted by Gasteiger charge is -2.23. The van der Waals surface area contributed by atoms with Crippen molar-refractivity contribution in [3.05, 3.63) is 24.0 Å². The van der Waals surface area contributed by atoms with Crippen LogP contribution in [0.1, 0.15) is 31.3 Å². The largest absolute Gasteiger partial charge is 0.465 e. The van der Waals surface area contributed by atoms with Gasteiger partial charge in [-0.15, -0.1) is 0 Å². The number of hydrogen-bond acceptors (Lipinski definition) is 5. The monoisotopic (exact) mass is 279 g/mol. The van der Waals surface area contributed by atoms with E-state index in [0.717, 1.165) is 0 Å². The molecule has 1 amide bonds. The first-order chi connectivity index (χ1) is 9.43. The van der Waals surface area contributed by atoms with Crippen molar-refractivity contribution in [2.24, 2.45) is 5.92 Å². The summed E-state index contributed by atoms with van der Waals surface area (Å²) in [4.78, 5) is 29.4. The second-order valence-corrected chi connectivity index (χ2v) is 4.86. The van der Waals surface area contributed by atoms with Gasteiger partial charge in [-0.2, -0.15) is 0 Å². The van der Waals surface area contributed by atoms with Gasteiger partial charge in [-0.05, 0) is 25.0 Å². The molecule has 6 nitrogen and oxygen atoms in total. The van der Waals surface area contributed by atoms with E-state index in [-0.39, 0.29) is 24.1 Å². The fourth-order valence-corrected chi connectivity index (χ4v) is 1.72. The Hall–Kier alpha value is -2.11. The molecule has 1 aromatic rings. The van der Waals surface area contributed by atoms with Crippen molar-refractivity contribution in [2.75, 3.05) is 25.4 Å². The van der Waals surface area contributed by atoms with Gasteiger partial charge >= 0.3 is 5.97 Å². The van der Waals surface area contributed by atoms with Gasteiger partial charge in [0.2, 0.25) is 0 Å². The number of ether oxygens (including phenoxy) is 1. The van der Waals surface area contributed by atoms with Crippen molar-refractivity contribution in [2.45, 2.75) is 20.8 Å². The Morgan fingerprint density at radius 1 is 1.40 bits per heavy atom. The second-order valence-electron chi connectivity index (χ2n) is 4.86. The van der Waals surface area contributed by atoms with Gasteiger partial charge in [0.25, 0.3) is 5.91 Å². The van der Waals surface area contributed by atoms with Crippen LogP contribution in [0, 0.1) is 5.92 Å². The molecule has 110 valence electrons. The molecule has 1 heterocycles. The zero-order chi connectivity index (χ0) is 15.1. The number of nitrogen functional groups attached to an aromatic ring is 1. The Morgan fingerprint density at radius 2 is 2.10 bits per heavy atom. The predicted molar refractivity (Wildman–Crippen MR) is 76.0 cm³/mol. The highest BCUT2D eigenvalue weighted by Crippen LogP contribution is 2.08.